The maximum absolute atomic E-state index is 12.2. The van der Waals surface area contributed by atoms with Crippen LogP contribution in [0.25, 0.3) is 10.9 Å². The number of amides is 1. The van der Waals surface area contributed by atoms with Crippen LogP contribution in [0.3, 0.4) is 0 Å². The molecule has 10 heteroatoms. The van der Waals surface area contributed by atoms with E-state index >= 15 is 0 Å². The molecule has 2 heterocycles. The third kappa shape index (κ3) is 4.33. The summed E-state index contributed by atoms with van der Waals surface area (Å²) in [5, 5.41) is 11.6. The Morgan fingerprint density at radius 3 is 2.92 bits per heavy atom. The molecule has 0 saturated carbocycles. The Bertz CT molecular complexity index is 923. The van der Waals surface area contributed by atoms with Crippen molar-refractivity contribution in [2.75, 3.05) is 18.6 Å². The van der Waals surface area contributed by atoms with Gasteiger partial charge >= 0.3 is 5.97 Å². The number of nitrogens with one attached hydrogen (secondary N) is 2. The number of fused-ring (bicyclic) bond motifs is 1. The molecule has 26 heavy (non-hydrogen) atoms. The van der Waals surface area contributed by atoms with Gasteiger partial charge in [0.2, 0.25) is 11.0 Å². The highest BCUT2D eigenvalue weighted by molar-refractivity contribution is 8.01. The Labute approximate surface area is 157 Å². The molecule has 0 spiro atoms. The molecule has 0 fully saturated rings. The average Bonchev–Trinajstić information content (AvgIpc) is 3.25. The number of rotatable bonds is 7. The van der Waals surface area contributed by atoms with E-state index in [0.29, 0.717) is 15.9 Å². The highest BCUT2D eigenvalue weighted by Crippen LogP contribution is 2.23. The van der Waals surface area contributed by atoms with Gasteiger partial charge in [-0.25, -0.2) is 4.79 Å². The number of carbonyl (C=O) groups excluding carboxylic acids is 2. The zero-order chi connectivity index (χ0) is 18.5. The van der Waals surface area contributed by atoms with Crippen LogP contribution in [0.4, 0.5) is 5.13 Å². The summed E-state index contributed by atoms with van der Waals surface area (Å²) in [4.78, 5) is 27.5. The summed E-state index contributed by atoms with van der Waals surface area (Å²) >= 11 is 2.42. The Kier molecular flexibility index (Phi) is 5.74. The van der Waals surface area contributed by atoms with E-state index < -0.39 is 12.0 Å². The first-order chi connectivity index (χ1) is 12.6. The van der Waals surface area contributed by atoms with Crippen molar-refractivity contribution < 1.29 is 14.3 Å². The lowest BCUT2D eigenvalue weighted by Gasteiger charge is -2.16. The molecule has 0 unspecified atom stereocenters. The minimum Gasteiger partial charge on any atom is -0.467 e. The van der Waals surface area contributed by atoms with Gasteiger partial charge < -0.3 is 20.8 Å². The molecule has 1 atom stereocenters. The fourth-order valence-electron chi connectivity index (χ4n) is 2.50. The summed E-state index contributed by atoms with van der Waals surface area (Å²) in [6, 6.07) is 7.00. The molecule has 0 radical (unpaired) electrons. The van der Waals surface area contributed by atoms with Crippen molar-refractivity contribution in [2.45, 2.75) is 16.8 Å². The molecule has 1 aromatic carbocycles. The van der Waals surface area contributed by atoms with Crippen molar-refractivity contribution in [1.82, 2.24) is 20.5 Å². The number of H-pyrrole nitrogens is 1. The number of benzene rings is 1. The SMILES string of the molecule is COC(=O)[C@H](Cc1c[nH]c2ccccc12)NC(=O)CSc1nnc(N)s1. The first-order valence-corrected chi connectivity index (χ1v) is 9.51. The number of nitrogen functional groups attached to an aromatic ring is 1. The van der Waals surface area contributed by atoms with Crippen LogP contribution in [-0.2, 0) is 20.7 Å². The molecule has 136 valence electrons. The van der Waals surface area contributed by atoms with Gasteiger partial charge in [0.25, 0.3) is 0 Å². The van der Waals surface area contributed by atoms with Crippen LogP contribution in [0.15, 0.2) is 34.8 Å². The number of aromatic nitrogens is 3. The van der Waals surface area contributed by atoms with Crippen LogP contribution in [0.5, 0.6) is 0 Å². The molecule has 8 nitrogen and oxygen atoms in total. The number of nitrogens with zero attached hydrogens (tertiary/aromatic N) is 2. The second-order valence-electron chi connectivity index (χ2n) is 5.40. The zero-order valence-corrected chi connectivity index (χ0v) is 15.5. The lowest BCUT2D eigenvalue weighted by atomic mass is 10.0. The second-order valence-corrected chi connectivity index (χ2v) is 7.63. The third-order valence-corrected chi connectivity index (χ3v) is 5.55. The minimum absolute atomic E-state index is 0.107. The molecule has 2 aromatic heterocycles. The van der Waals surface area contributed by atoms with Crippen molar-refractivity contribution in [1.29, 1.82) is 0 Å². The summed E-state index contributed by atoms with van der Waals surface area (Å²) < 4.78 is 5.43. The standard InChI is InChI=1S/C16H17N5O3S2/c1-24-14(23)12(6-9-7-18-11-5-3-2-4-10(9)11)19-13(22)8-25-16-21-20-15(17)26-16/h2-5,7,12,18H,6,8H2,1H3,(H2,17,20)(H,19,22)/t12-/m0/s1. The highest BCUT2D eigenvalue weighted by Gasteiger charge is 2.23. The third-order valence-electron chi connectivity index (χ3n) is 3.67. The number of aromatic amines is 1. The zero-order valence-electron chi connectivity index (χ0n) is 13.9. The Morgan fingerprint density at radius 2 is 2.19 bits per heavy atom. The summed E-state index contributed by atoms with van der Waals surface area (Å²) in [5.74, 6) is -0.677. The molecule has 0 saturated heterocycles. The number of anilines is 1. The summed E-state index contributed by atoms with van der Waals surface area (Å²) in [7, 11) is 1.30. The molecule has 0 aliphatic heterocycles. The van der Waals surface area contributed by atoms with Gasteiger partial charge in [0.15, 0.2) is 4.34 Å². The molecular formula is C16H17N5O3S2. The topological polar surface area (TPSA) is 123 Å². The van der Waals surface area contributed by atoms with Gasteiger partial charge in [-0.3, -0.25) is 4.79 Å². The first kappa shape index (κ1) is 18.2. The van der Waals surface area contributed by atoms with Crippen molar-refractivity contribution in [2.24, 2.45) is 0 Å². The van der Waals surface area contributed by atoms with Gasteiger partial charge in [0, 0.05) is 23.5 Å². The fraction of sp³-hybridized carbons (Fsp3) is 0.250. The Balaban J connectivity index is 1.66. The van der Waals surface area contributed by atoms with Gasteiger partial charge in [-0.2, -0.15) is 0 Å². The number of para-hydroxylation sites is 1. The monoisotopic (exact) mass is 391 g/mol. The maximum Gasteiger partial charge on any atom is 0.328 e. The van der Waals surface area contributed by atoms with Crippen molar-refractivity contribution in [3.8, 4) is 0 Å². The number of hydrogen-bond donors (Lipinski definition) is 3. The van der Waals surface area contributed by atoms with Crippen molar-refractivity contribution in [3.05, 3.63) is 36.0 Å². The quantitative estimate of drug-likeness (QED) is 0.413. The van der Waals surface area contributed by atoms with Gasteiger partial charge in [0.1, 0.15) is 6.04 Å². The largest absolute Gasteiger partial charge is 0.467 e. The van der Waals surface area contributed by atoms with E-state index in [1.165, 1.54) is 30.2 Å². The lowest BCUT2D eigenvalue weighted by molar-refractivity contribution is -0.144. The van der Waals surface area contributed by atoms with E-state index in [1.807, 2.05) is 30.5 Å². The van der Waals surface area contributed by atoms with Crippen LogP contribution in [-0.4, -0.2) is 46.0 Å². The normalized spacial score (nSPS) is 12.0. The number of nitrogens with two attached hydrogens (primary N) is 1. The van der Waals surface area contributed by atoms with E-state index in [9.17, 15) is 9.59 Å². The van der Waals surface area contributed by atoms with Gasteiger partial charge in [-0.1, -0.05) is 41.3 Å². The molecule has 4 N–H and O–H groups in total. The van der Waals surface area contributed by atoms with E-state index in [0.717, 1.165) is 16.5 Å². The van der Waals surface area contributed by atoms with Gasteiger partial charge in [-0.15, -0.1) is 10.2 Å². The predicted octanol–water partition coefficient (Wildman–Crippen LogP) is 1.59. The molecular weight excluding hydrogens is 374 g/mol. The molecule has 0 aliphatic carbocycles. The van der Waals surface area contributed by atoms with Crippen LogP contribution in [0.2, 0.25) is 0 Å². The lowest BCUT2D eigenvalue weighted by Crippen LogP contribution is -2.43. The first-order valence-electron chi connectivity index (χ1n) is 7.70. The number of carbonyl (C=O) groups is 2. The van der Waals surface area contributed by atoms with Crippen LogP contribution < -0.4 is 11.1 Å². The molecule has 3 rings (SSSR count). The van der Waals surface area contributed by atoms with Crippen molar-refractivity contribution >= 4 is 51.0 Å². The molecule has 0 bridgehead atoms. The summed E-state index contributed by atoms with van der Waals surface area (Å²) in [6.07, 6.45) is 2.17. The predicted molar refractivity (Wildman–Crippen MR) is 101 cm³/mol. The molecule has 0 aliphatic rings. The van der Waals surface area contributed by atoms with Crippen LogP contribution in [0, 0.1) is 0 Å². The molecule has 3 aromatic rings. The smallest absolute Gasteiger partial charge is 0.328 e. The number of hydrogen-bond acceptors (Lipinski definition) is 8. The van der Waals surface area contributed by atoms with E-state index in [4.69, 9.17) is 10.5 Å². The summed E-state index contributed by atoms with van der Waals surface area (Å²) in [6.45, 7) is 0. The summed E-state index contributed by atoms with van der Waals surface area (Å²) in [5.41, 5.74) is 7.42. The van der Waals surface area contributed by atoms with E-state index in [-0.39, 0.29) is 11.7 Å². The number of ether oxygens (including phenoxy) is 1. The van der Waals surface area contributed by atoms with Crippen LogP contribution >= 0.6 is 23.1 Å². The fourth-order valence-corrected chi connectivity index (χ4v) is 3.95. The number of thioether (sulfide) groups is 1. The van der Waals surface area contributed by atoms with E-state index in [2.05, 4.69) is 20.5 Å². The Hall–Kier alpha value is -2.59. The average molecular weight is 391 g/mol. The minimum atomic E-state index is -0.771. The van der Waals surface area contributed by atoms with Gasteiger partial charge in [-0.05, 0) is 11.6 Å². The number of methoxy groups -OCH3 is 1. The van der Waals surface area contributed by atoms with Crippen molar-refractivity contribution in [3.63, 3.8) is 0 Å². The number of esters is 1. The molecule has 1 amide bonds. The van der Waals surface area contributed by atoms with Crippen LogP contribution in [0.1, 0.15) is 5.56 Å². The Morgan fingerprint density at radius 1 is 1.38 bits per heavy atom. The highest BCUT2D eigenvalue weighted by atomic mass is 32.2. The van der Waals surface area contributed by atoms with Gasteiger partial charge in [0.05, 0.1) is 12.9 Å². The second kappa shape index (κ2) is 8.19. The maximum atomic E-state index is 12.2. The van der Waals surface area contributed by atoms with E-state index in [1.54, 1.807) is 0 Å².